The molecule has 21 heavy (non-hydrogen) atoms. The standard InChI is InChI=1S/C17H34O3S/c18-14-10-16-21(19,20)15-8-6-4-2-1-3-5-7-11-17-12-9-13-17/h17-18H,1-16H2. The van der Waals surface area contributed by atoms with Crippen LogP contribution in [0.4, 0.5) is 0 Å². The first-order valence-corrected chi connectivity index (χ1v) is 10.8. The van der Waals surface area contributed by atoms with Crippen LogP contribution in [-0.2, 0) is 9.84 Å². The molecule has 0 aromatic rings. The summed E-state index contributed by atoms with van der Waals surface area (Å²) < 4.78 is 23.1. The fraction of sp³-hybridized carbons (Fsp3) is 1.00. The maximum absolute atomic E-state index is 11.6. The lowest BCUT2D eigenvalue weighted by Crippen LogP contribution is -2.12. The zero-order valence-electron chi connectivity index (χ0n) is 13.6. The predicted octanol–water partition coefficient (Wildman–Crippen LogP) is 4.09. The average molecular weight is 319 g/mol. The maximum atomic E-state index is 11.6. The molecule has 0 aliphatic heterocycles. The Kier molecular flexibility index (Phi) is 10.4. The largest absolute Gasteiger partial charge is 0.396 e. The Morgan fingerprint density at radius 1 is 0.762 bits per heavy atom. The molecule has 0 aromatic carbocycles. The first-order chi connectivity index (χ1) is 10.1. The van der Waals surface area contributed by atoms with E-state index in [2.05, 4.69) is 0 Å². The molecule has 0 radical (unpaired) electrons. The average Bonchev–Trinajstić information content (AvgIpc) is 2.40. The van der Waals surface area contributed by atoms with Crippen molar-refractivity contribution in [1.29, 1.82) is 0 Å². The Labute approximate surface area is 131 Å². The van der Waals surface area contributed by atoms with Crippen LogP contribution in [0.15, 0.2) is 0 Å². The lowest BCUT2D eigenvalue weighted by Gasteiger charge is -2.24. The van der Waals surface area contributed by atoms with E-state index in [4.69, 9.17) is 5.11 Å². The first kappa shape index (κ1) is 19.0. The quantitative estimate of drug-likeness (QED) is 0.491. The van der Waals surface area contributed by atoms with Crippen molar-refractivity contribution >= 4 is 9.84 Å². The molecule has 0 aromatic heterocycles. The summed E-state index contributed by atoms with van der Waals surface area (Å²) in [4.78, 5) is 0. The van der Waals surface area contributed by atoms with Crippen LogP contribution in [0.3, 0.4) is 0 Å². The fourth-order valence-electron chi connectivity index (χ4n) is 2.98. The number of sulfone groups is 1. The highest BCUT2D eigenvalue weighted by molar-refractivity contribution is 7.91. The molecule has 1 fully saturated rings. The third-order valence-electron chi connectivity index (χ3n) is 4.66. The van der Waals surface area contributed by atoms with Gasteiger partial charge in [-0.1, -0.05) is 70.6 Å². The van der Waals surface area contributed by atoms with E-state index in [1.165, 1.54) is 57.8 Å². The van der Waals surface area contributed by atoms with Crippen LogP contribution in [0, 0.1) is 5.92 Å². The van der Waals surface area contributed by atoms with Crippen LogP contribution >= 0.6 is 0 Å². The van der Waals surface area contributed by atoms with Crippen molar-refractivity contribution in [3.8, 4) is 0 Å². The van der Waals surface area contributed by atoms with Gasteiger partial charge in [-0.3, -0.25) is 0 Å². The van der Waals surface area contributed by atoms with Gasteiger partial charge in [0.1, 0.15) is 9.84 Å². The molecule has 0 amide bonds. The Morgan fingerprint density at radius 2 is 1.29 bits per heavy atom. The summed E-state index contributed by atoms with van der Waals surface area (Å²) in [6, 6.07) is 0. The molecule has 1 N–H and O–H groups in total. The molecule has 1 rings (SSSR count). The molecule has 1 aliphatic rings. The van der Waals surface area contributed by atoms with E-state index in [-0.39, 0.29) is 12.4 Å². The normalized spacial score (nSPS) is 16.0. The monoisotopic (exact) mass is 318 g/mol. The van der Waals surface area contributed by atoms with Gasteiger partial charge in [0, 0.05) is 6.61 Å². The van der Waals surface area contributed by atoms with Gasteiger partial charge in [-0.15, -0.1) is 0 Å². The van der Waals surface area contributed by atoms with E-state index in [9.17, 15) is 8.42 Å². The van der Waals surface area contributed by atoms with Crippen LogP contribution in [-0.4, -0.2) is 31.6 Å². The minimum absolute atomic E-state index is 0.0278. The van der Waals surface area contributed by atoms with Gasteiger partial charge in [-0.2, -0.15) is 0 Å². The second kappa shape index (κ2) is 11.5. The summed E-state index contributed by atoms with van der Waals surface area (Å²) in [7, 11) is -2.91. The molecule has 0 unspecified atom stereocenters. The lowest BCUT2D eigenvalue weighted by atomic mass is 9.81. The summed E-state index contributed by atoms with van der Waals surface area (Å²) in [5.74, 6) is 1.50. The Balaban J connectivity index is 1.79. The second-order valence-corrected chi connectivity index (χ2v) is 8.95. The number of aliphatic hydroxyl groups is 1. The predicted molar refractivity (Wildman–Crippen MR) is 89.3 cm³/mol. The van der Waals surface area contributed by atoms with Crippen molar-refractivity contribution in [1.82, 2.24) is 0 Å². The SMILES string of the molecule is O=S(=O)(CCCO)CCCCCCCCCCC1CCC1. The number of unbranched alkanes of at least 4 members (excludes halogenated alkanes) is 7. The molecule has 126 valence electrons. The number of rotatable bonds is 14. The zero-order chi connectivity index (χ0) is 15.4. The molecule has 0 saturated heterocycles. The molecule has 4 heteroatoms. The highest BCUT2D eigenvalue weighted by Crippen LogP contribution is 2.31. The number of aliphatic hydroxyl groups excluding tert-OH is 1. The smallest absolute Gasteiger partial charge is 0.150 e. The lowest BCUT2D eigenvalue weighted by molar-refractivity contribution is 0.286. The zero-order valence-corrected chi connectivity index (χ0v) is 14.4. The van der Waals surface area contributed by atoms with Crippen molar-refractivity contribution in [3.05, 3.63) is 0 Å². The summed E-state index contributed by atoms with van der Waals surface area (Å²) in [6.07, 6.45) is 15.9. The van der Waals surface area contributed by atoms with Crippen molar-refractivity contribution in [2.24, 2.45) is 5.92 Å². The van der Waals surface area contributed by atoms with Crippen LogP contribution in [0.25, 0.3) is 0 Å². The third kappa shape index (κ3) is 10.3. The molecular formula is C17H34O3S. The molecule has 3 nitrogen and oxygen atoms in total. The third-order valence-corrected chi connectivity index (χ3v) is 6.48. The summed E-state index contributed by atoms with van der Waals surface area (Å²) >= 11 is 0. The van der Waals surface area contributed by atoms with E-state index in [0.29, 0.717) is 12.2 Å². The minimum atomic E-state index is -2.91. The van der Waals surface area contributed by atoms with E-state index >= 15 is 0 Å². The first-order valence-electron chi connectivity index (χ1n) is 8.95. The van der Waals surface area contributed by atoms with E-state index in [1.807, 2.05) is 0 Å². The molecular weight excluding hydrogens is 284 g/mol. The van der Waals surface area contributed by atoms with Gasteiger partial charge in [0.25, 0.3) is 0 Å². The maximum Gasteiger partial charge on any atom is 0.150 e. The van der Waals surface area contributed by atoms with Crippen molar-refractivity contribution in [3.63, 3.8) is 0 Å². The fourth-order valence-corrected chi connectivity index (χ4v) is 4.40. The Bertz CT molecular complexity index is 334. The van der Waals surface area contributed by atoms with Gasteiger partial charge in [-0.25, -0.2) is 8.42 Å². The van der Waals surface area contributed by atoms with Crippen LogP contribution < -0.4 is 0 Å². The minimum Gasteiger partial charge on any atom is -0.396 e. The van der Waals surface area contributed by atoms with E-state index in [1.54, 1.807) is 0 Å². The Hall–Kier alpha value is -0.0900. The molecule has 1 aliphatic carbocycles. The Morgan fingerprint density at radius 3 is 1.81 bits per heavy atom. The van der Waals surface area contributed by atoms with Crippen LogP contribution in [0.5, 0.6) is 0 Å². The van der Waals surface area contributed by atoms with Crippen LogP contribution in [0.1, 0.15) is 83.5 Å². The molecule has 0 heterocycles. The van der Waals surface area contributed by atoms with Gasteiger partial charge in [0.2, 0.25) is 0 Å². The van der Waals surface area contributed by atoms with Gasteiger partial charge in [0.05, 0.1) is 11.5 Å². The number of hydrogen-bond acceptors (Lipinski definition) is 3. The van der Waals surface area contributed by atoms with Crippen molar-refractivity contribution < 1.29 is 13.5 Å². The summed E-state index contributed by atoms with van der Waals surface area (Å²) in [6.45, 7) is -0.0278. The van der Waals surface area contributed by atoms with E-state index < -0.39 is 9.84 Å². The van der Waals surface area contributed by atoms with Crippen molar-refractivity contribution in [2.45, 2.75) is 83.5 Å². The highest BCUT2D eigenvalue weighted by Gasteiger charge is 2.15. The molecule has 1 saturated carbocycles. The highest BCUT2D eigenvalue weighted by atomic mass is 32.2. The van der Waals surface area contributed by atoms with Gasteiger partial charge in [-0.05, 0) is 18.8 Å². The number of hydrogen-bond donors (Lipinski definition) is 1. The second-order valence-electron chi connectivity index (χ2n) is 6.64. The van der Waals surface area contributed by atoms with Gasteiger partial charge >= 0.3 is 0 Å². The summed E-state index contributed by atoms with van der Waals surface area (Å²) in [5.41, 5.74) is 0. The van der Waals surface area contributed by atoms with Crippen molar-refractivity contribution in [2.75, 3.05) is 18.1 Å². The van der Waals surface area contributed by atoms with Gasteiger partial charge in [0.15, 0.2) is 0 Å². The molecule has 0 spiro atoms. The summed E-state index contributed by atoms with van der Waals surface area (Å²) in [5, 5.41) is 8.64. The van der Waals surface area contributed by atoms with E-state index in [0.717, 1.165) is 25.2 Å². The topological polar surface area (TPSA) is 54.4 Å². The van der Waals surface area contributed by atoms with Crippen LogP contribution in [0.2, 0.25) is 0 Å². The molecule has 0 atom stereocenters. The van der Waals surface area contributed by atoms with Gasteiger partial charge < -0.3 is 5.11 Å². The molecule has 0 bridgehead atoms.